The van der Waals surface area contributed by atoms with Gasteiger partial charge in [-0.15, -0.1) is 0 Å². The minimum atomic E-state index is -2.01. The summed E-state index contributed by atoms with van der Waals surface area (Å²) in [7, 11) is 0. The van der Waals surface area contributed by atoms with Crippen LogP contribution in [0.25, 0.3) is 0 Å². The SMILES string of the molecule is CC(C)=C1NC(=O)[C@@](O)(C/C=C/CC(C)O)C1=O. The van der Waals surface area contributed by atoms with Gasteiger partial charge in [-0.3, -0.25) is 9.59 Å². The predicted molar refractivity (Wildman–Crippen MR) is 66.5 cm³/mol. The molecule has 1 unspecified atom stereocenters. The molecule has 0 aromatic carbocycles. The van der Waals surface area contributed by atoms with E-state index in [1.54, 1.807) is 26.8 Å². The highest BCUT2D eigenvalue weighted by molar-refractivity contribution is 6.23. The predicted octanol–water partition coefficient (Wildman–Crippen LogP) is 0.427. The lowest BCUT2D eigenvalue weighted by Gasteiger charge is -2.14. The molecule has 0 bridgehead atoms. The van der Waals surface area contributed by atoms with Gasteiger partial charge in [-0.1, -0.05) is 12.2 Å². The fraction of sp³-hybridized carbons (Fsp3) is 0.538. The highest BCUT2D eigenvalue weighted by Gasteiger charge is 2.50. The number of aliphatic hydroxyl groups excluding tert-OH is 1. The minimum Gasteiger partial charge on any atom is -0.393 e. The molecule has 5 heteroatoms. The minimum absolute atomic E-state index is 0.0822. The van der Waals surface area contributed by atoms with E-state index in [9.17, 15) is 14.7 Å². The summed E-state index contributed by atoms with van der Waals surface area (Å²) in [4.78, 5) is 23.6. The highest BCUT2D eigenvalue weighted by Crippen LogP contribution is 2.25. The molecule has 0 spiro atoms. The average molecular weight is 253 g/mol. The second kappa shape index (κ2) is 5.46. The molecule has 0 aromatic rings. The number of allylic oxidation sites excluding steroid dienone is 1. The Hall–Kier alpha value is -1.46. The quantitative estimate of drug-likeness (QED) is 0.385. The highest BCUT2D eigenvalue weighted by atomic mass is 16.3. The van der Waals surface area contributed by atoms with Crippen molar-refractivity contribution in [1.29, 1.82) is 0 Å². The molecule has 100 valence electrons. The Kier molecular flexibility index (Phi) is 4.43. The standard InChI is InChI=1S/C13H19NO4/c1-8(2)10-11(16)13(18,12(17)14-10)7-5-4-6-9(3)15/h4-5,9,15,18H,6-7H2,1-3H3,(H,14,17)/b5-4+/t9?,13-/m1/s1. The maximum absolute atomic E-state index is 11.9. The van der Waals surface area contributed by atoms with Gasteiger partial charge in [0.2, 0.25) is 11.4 Å². The lowest BCUT2D eigenvalue weighted by molar-refractivity contribution is -0.144. The van der Waals surface area contributed by atoms with E-state index >= 15 is 0 Å². The van der Waals surface area contributed by atoms with Crippen molar-refractivity contribution in [3.63, 3.8) is 0 Å². The molecule has 0 aliphatic carbocycles. The van der Waals surface area contributed by atoms with Crippen molar-refractivity contribution < 1.29 is 19.8 Å². The monoisotopic (exact) mass is 253 g/mol. The Morgan fingerprint density at radius 1 is 1.39 bits per heavy atom. The van der Waals surface area contributed by atoms with E-state index in [-0.39, 0.29) is 12.1 Å². The zero-order chi connectivity index (χ0) is 13.9. The van der Waals surface area contributed by atoms with E-state index < -0.39 is 23.4 Å². The van der Waals surface area contributed by atoms with Crippen molar-refractivity contribution in [1.82, 2.24) is 5.32 Å². The molecule has 1 rings (SSSR count). The molecule has 18 heavy (non-hydrogen) atoms. The van der Waals surface area contributed by atoms with Crippen LogP contribution < -0.4 is 5.32 Å². The van der Waals surface area contributed by atoms with Crippen LogP contribution in [0.2, 0.25) is 0 Å². The summed E-state index contributed by atoms with van der Waals surface area (Å²) in [5.41, 5.74) is -1.18. The molecule has 5 nitrogen and oxygen atoms in total. The van der Waals surface area contributed by atoms with Crippen LogP contribution >= 0.6 is 0 Å². The third-order valence-electron chi connectivity index (χ3n) is 2.77. The van der Waals surface area contributed by atoms with Gasteiger partial charge in [0.15, 0.2) is 0 Å². The van der Waals surface area contributed by atoms with Gasteiger partial charge in [-0.05, 0) is 32.8 Å². The van der Waals surface area contributed by atoms with Crippen molar-refractivity contribution in [3.8, 4) is 0 Å². The molecule has 1 saturated heterocycles. The zero-order valence-electron chi connectivity index (χ0n) is 10.9. The average Bonchev–Trinajstić information content (AvgIpc) is 2.49. The summed E-state index contributed by atoms with van der Waals surface area (Å²) in [5.74, 6) is -1.28. The molecule has 1 amide bonds. The molecular formula is C13H19NO4. The number of aliphatic hydroxyl groups is 2. The third kappa shape index (κ3) is 2.86. The van der Waals surface area contributed by atoms with Crippen molar-refractivity contribution in [2.24, 2.45) is 0 Å². The van der Waals surface area contributed by atoms with Gasteiger partial charge in [0, 0.05) is 6.42 Å². The van der Waals surface area contributed by atoms with Crippen molar-refractivity contribution in [2.75, 3.05) is 0 Å². The Morgan fingerprint density at radius 3 is 2.44 bits per heavy atom. The summed E-state index contributed by atoms with van der Waals surface area (Å²) >= 11 is 0. The van der Waals surface area contributed by atoms with Gasteiger partial charge in [0.25, 0.3) is 5.91 Å². The maximum atomic E-state index is 11.9. The molecule has 1 aliphatic heterocycles. The summed E-state index contributed by atoms with van der Waals surface area (Å²) < 4.78 is 0. The first-order valence-electron chi connectivity index (χ1n) is 5.88. The molecule has 1 aliphatic rings. The second-order valence-corrected chi connectivity index (χ2v) is 4.78. The van der Waals surface area contributed by atoms with E-state index in [1.165, 1.54) is 6.08 Å². The Labute approximate surface area is 106 Å². The van der Waals surface area contributed by atoms with Crippen LogP contribution in [0.3, 0.4) is 0 Å². The second-order valence-electron chi connectivity index (χ2n) is 4.78. The Bertz CT molecular complexity index is 419. The van der Waals surface area contributed by atoms with Crippen LogP contribution in [0.4, 0.5) is 0 Å². The third-order valence-corrected chi connectivity index (χ3v) is 2.77. The van der Waals surface area contributed by atoms with E-state index in [2.05, 4.69) is 5.32 Å². The molecule has 3 N–H and O–H groups in total. The smallest absolute Gasteiger partial charge is 0.265 e. The van der Waals surface area contributed by atoms with E-state index in [4.69, 9.17) is 5.11 Å². The van der Waals surface area contributed by atoms with Gasteiger partial charge >= 0.3 is 0 Å². The number of hydrogen-bond acceptors (Lipinski definition) is 4. The summed E-state index contributed by atoms with van der Waals surface area (Å²) in [5, 5.41) is 21.6. The van der Waals surface area contributed by atoms with Gasteiger partial charge in [-0.25, -0.2) is 0 Å². The van der Waals surface area contributed by atoms with Crippen molar-refractivity contribution in [2.45, 2.75) is 45.3 Å². The number of carbonyl (C=O) groups is 2. The molecule has 0 saturated carbocycles. The van der Waals surface area contributed by atoms with Crippen LogP contribution in [0.1, 0.15) is 33.6 Å². The number of ketones is 1. The normalized spacial score (nSPS) is 25.7. The fourth-order valence-corrected chi connectivity index (χ4v) is 1.67. The van der Waals surface area contributed by atoms with Crippen LogP contribution in [0.5, 0.6) is 0 Å². The Morgan fingerprint density at radius 2 is 2.00 bits per heavy atom. The van der Waals surface area contributed by atoms with Crippen LogP contribution in [0, 0.1) is 0 Å². The molecule has 1 fully saturated rings. The number of nitrogens with one attached hydrogen (secondary N) is 1. The number of Topliss-reactive ketones (excluding diaryl/α,β-unsaturated/α-hetero) is 1. The molecule has 1 heterocycles. The van der Waals surface area contributed by atoms with E-state index in [0.29, 0.717) is 12.0 Å². The molecule has 0 aromatic heterocycles. The van der Waals surface area contributed by atoms with Gasteiger partial charge < -0.3 is 15.5 Å². The lowest BCUT2D eigenvalue weighted by atomic mass is 9.94. The molecule has 0 radical (unpaired) electrons. The lowest BCUT2D eigenvalue weighted by Crippen LogP contribution is -2.42. The summed E-state index contributed by atoms with van der Waals surface area (Å²) in [6.07, 6.45) is 3.03. The fourth-order valence-electron chi connectivity index (χ4n) is 1.67. The van der Waals surface area contributed by atoms with Gasteiger partial charge in [0.05, 0.1) is 11.8 Å². The van der Waals surface area contributed by atoms with Crippen molar-refractivity contribution >= 4 is 11.7 Å². The number of hydrogen-bond donors (Lipinski definition) is 3. The van der Waals surface area contributed by atoms with Gasteiger partial charge in [0.1, 0.15) is 0 Å². The molecular weight excluding hydrogens is 234 g/mol. The largest absolute Gasteiger partial charge is 0.393 e. The summed E-state index contributed by atoms with van der Waals surface area (Å²) in [6, 6.07) is 0. The van der Waals surface area contributed by atoms with Crippen LogP contribution in [-0.4, -0.2) is 33.6 Å². The first-order chi connectivity index (χ1) is 8.29. The number of amides is 1. The van der Waals surface area contributed by atoms with E-state index in [0.717, 1.165) is 0 Å². The van der Waals surface area contributed by atoms with Crippen LogP contribution in [-0.2, 0) is 9.59 Å². The van der Waals surface area contributed by atoms with Crippen LogP contribution in [0.15, 0.2) is 23.4 Å². The maximum Gasteiger partial charge on any atom is 0.265 e. The van der Waals surface area contributed by atoms with Crippen molar-refractivity contribution in [3.05, 3.63) is 23.4 Å². The topological polar surface area (TPSA) is 86.6 Å². The first-order valence-corrected chi connectivity index (χ1v) is 5.88. The zero-order valence-corrected chi connectivity index (χ0v) is 10.9. The first kappa shape index (κ1) is 14.6. The Balaban J connectivity index is 2.81. The number of carbonyl (C=O) groups excluding carboxylic acids is 2. The van der Waals surface area contributed by atoms with Gasteiger partial charge in [-0.2, -0.15) is 0 Å². The number of rotatable bonds is 4. The molecule has 2 atom stereocenters. The summed E-state index contributed by atoms with van der Waals surface area (Å²) in [6.45, 7) is 5.03. The van der Waals surface area contributed by atoms with E-state index in [1.807, 2.05) is 0 Å².